The molecule has 1 atom stereocenters. The summed E-state index contributed by atoms with van der Waals surface area (Å²) in [5, 5.41) is 5.53. The van der Waals surface area contributed by atoms with Gasteiger partial charge in [-0.2, -0.15) is 0 Å². The van der Waals surface area contributed by atoms with Gasteiger partial charge in [0.05, 0.1) is 49.0 Å². The van der Waals surface area contributed by atoms with Crippen molar-refractivity contribution in [3.63, 3.8) is 0 Å². The molecule has 3 N–H and O–H groups in total. The second kappa shape index (κ2) is 8.62. The fourth-order valence-corrected chi connectivity index (χ4v) is 4.47. The first-order valence-corrected chi connectivity index (χ1v) is 11.0. The van der Waals surface area contributed by atoms with Gasteiger partial charge in [-0.05, 0) is 38.5 Å². The molecule has 0 bridgehead atoms. The van der Waals surface area contributed by atoms with E-state index in [0.29, 0.717) is 40.1 Å². The first-order chi connectivity index (χ1) is 15.3. The van der Waals surface area contributed by atoms with Crippen molar-refractivity contribution in [3.8, 4) is 28.0 Å². The van der Waals surface area contributed by atoms with Crippen LogP contribution in [0.4, 0.5) is 5.95 Å². The van der Waals surface area contributed by atoms with Gasteiger partial charge in [0.1, 0.15) is 0 Å². The van der Waals surface area contributed by atoms with Crippen molar-refractivity contribution >= 4 is 23.2 Å². The van der Waals surface area contributed by atoms with E-state index in [2.05, 4.69) is 20.3 Å². The Morgan fingerprint density at radius 1 is 1.16 bits per heavy atom. The van der Waals surface area contributed by atoms with Crippen molar-refractivity contribution in [2.24, 2.45) is 0 Å². The molecule has 1 aliphatic heterocycles. The fourth-order valence-electron chi connectivity index (χ4n) is 3.83. The summed E-state index contributed by atoms with van der Waals surface area (Å²) in [4.78, 5) is 26.0. The van der Waals surface area contributed by atoms with Crippen molar-refractivity contribution in [2.75, 3.05) is 20.0 Å². The number of aryl methyl sites for hydroxylation is 1. The van der Waals surface area contributed by atoms with Gasteiger partial charge in [-0.1, -0.05) is 11.3 Å². The summed E-state index contributed by atoms with van der Waals surface area (Å²) >= 11 is 1.39. The molecule has 3 aromatic rings. The maximum Gasteiger partial charge on any atom is 0.273 e. The topological polar surface area (TPSA) is 121 Å². The third-order valence-corrected chi connectivity index (χ3v) is 5.92. The zero-order chi connectivity index (χ0) is 23.0. The Morgan fingerprint density at radius 3 is 2.59 bits per heavy atom. The van der Waals surface area contributed by atoms with Crippen molar-refractivity contribution in [2.45, 2.75) is 39.3 Å². The van der Waals surface area contributed by atoms with Gasteiger partial charge in [-0.25, -0.2) is 15.0 Å². The molecule has 168 valence electrons. The summed E-state index contributed by atoms with van der Waals surface area (Å²) in [6.07, 6.45) is 0.410. The van der Waals surface area contributed by atoms with E-state index in [9.17, 15) is 4.79 Å². The Balaban J connectivity index is 1.86. The summed E-state index contributed by atoms with van der Waals surface area (Å²) in [6.45, 7) is 5.65. The Kier molecular flexibility index (Phi) is 5.88. The lowest BCUT2D eigenvalue weighted by atomic mass is 9.90. The highest BCUT2D eigenvalue weighted by Gasteiger charge is 2.32. The molecule has 1 amide bonds. The quantitative estimate of drug-likeness (QED) is 0.581. The van der Waals surface area contributed by atoms with Crippen LogP contribution in [0.5, 0.6) is 16.7 Å². The van der Waals surface area contributed by atoms with Crippen molar-refractivity contribution in [3.05, 3.63) is 40.0 Å². The van der Waals surface area contributed by atoms with Crippen LogP contribution >= 0.6 is 11.3 Å². The minimum Gasteiger partial charge on any atom is -0.493 e. The molecular weight excluding hydrogens is 430 g/mol. The molecular formula is C22H25N5O4S. The zero-order valence-corrected chi connectivity index (χ0v) is 19.4. The number of nitrogens with two attached hydrogens (primary N) is 1. The average molecular weight is 456 g/mol. The molecule has 2 aromatic heterocycles. The molecule has 0 radical (unpaired) electrons. The Hall–Kier alpha value is -3.40. The van der Waals surface area contributed by atoms with Crippen molar-refractivity contribution < 1.29 is 19.0 Å². The highest BCUT2D eigenvalue weighted by atomic mass is 32.1. The molecule has 9 nitrogen and oxygen atoms in total. The molecule has 32 heavy (non-hydrogen) atoms. The van der Waals surface area contributed by atoms with E-state index in [1.165, 1.54) is 11.3 Å². The van der Waals surface area contributed by atoms with Crippen LogP contribution in [0.2, 0.25) is 0 Å². The molecule has 0 saturated carbocycles. The van der Waals surface area contributed by atoms with Gasteiger partial charge in [-0.3, -0.25) is 4.79 Å². The van der Waals surface area contributed by atoms with E-state index in [1.54, 1.807) is 21.1 Å². The number of amides is 1. The number of carbonyl (C=O) groups excluding carboxylic acids is 1. The number of nitrogens with one attached hydrogen (secondary N) is 1. The standard InChI is InChI=1S/C22H25N5O4S/c1-10(2)31-18-7-13(16-9-32-22(27-16)30-5)12(6-17(18)29-4)14-8-15-19(20(28)25-14)11(3)24-21(23)26-15/h6-7,9-10,14H,8H2,1-5H3,(H,25,28)(H2,23,24,26). The number of aromatic nitrogens is 3. The third kappa shape index (κ3) is 4.05. The number of nitrogens with zero attached hydrogens (tertiary/aromatic N) is 3. The minimum absolute atomic E-state index is 0.0449. The van der Waals surface area contributed by atoms with E-state index in [1.807, 2.05) is 31.4 Å². The van der Waals surface area contributed by atoms with Crippen LogP contribution in [0.1, 0.15) is 47.2 Å². The molecule has 10 heteroatoms. The van der Waals surface area contributed by atoms with Crippen LogP contribution < -0.4 is 25.3 Å². The summed E-state index contributed by atoms with van der Waals surface area (Å²) in [6, 6.07) is 3.41. The highest BCUT2D eigenvalue weighted by molar-refractivity contribution is 7.11. The third-order valence-electron chi connectivity index (χ3n) is 5.12. The largest absolute Gasteiger partial charge is 0.493 e. The average Bonchev–Trinajstić information content (AvgIpc) is 3.21. The number of hydrogen-bond acceptors (Lipinski definition) is 9. The lowest BCUT2D eigenvalue weighted by Crippen LogP contribution is -2.37. The van der Waals surface area contributed by atoms with Gasteiger partial charge < -0.3 is 25.3 Å². The summed E-state index contributed by atoms with van der Waals surface area (Å²) in [5.41, 5.74) is 9.87. The van der Waals surface area contributed by atoms with Crippen LogP contribution in [0.25, 0.3) is 11.3 Å². The van der Waals surface area contributed by atoms with Gasteiger partial charge in [0, 0.05) is 17.4 Å². The van der Waals surface area contributed by atoms with Crippen LogP contribution in [-0.4, -0.2) is 41.2 Å². The van der Waals surface area contributed by atoms with Gasteiger partial charge >= 0.3 is 0 Å². The summed E-state index contributed by atoms with van der Waals surface area (Å²) in [5.74, 6) is 1.07. The lowest BCUT2D eigenvalue weighted by molar-refractivity contribution is 0.0922. The summed E-state index contributed by atoms with van der Waals surface area (Å²) < 4.78 is 16.9. The van der Waals surface area contributed by atoms with E-state index in [-0.39, 0.29) is 24.0 Å². The number of benzene rings is 1. The molecule has 0 fully saturated rings. The monoisotopic (exact) mass is 455 g/mol. The molecule has 1 unspecified atom stereocenters. The lowest BCUT2D eigenvalue weighted by Gasteiger charge is -2.28. The maximum atomic E-state index is 12.9. The Morgan fingerprint density at radius 2 is 1.94 bits per heavy atom. The SMILES string of the molecule is COc1nc(-c2cc(OC(C)C)c(OC)cc2C2Cc3nc(N)nc(C)c3C(=O)N2)cs1. The van der Waals surface area contributed by atoms with Crippen molar-refractivity contribution in [1.29, 1.82) is 0 Å². The molecule has 1 aliphatic rings. The number of carbonyl (C=O) groups is 1. The maximum absolute atomic E-state index is 12.9. The molecule has 3 heterocycles. The number of ether oxygens (including phenoxy) is 3. The molecule has 0 saturated heterocycles. The van der Waals surface area contributed by atoms with Gasteiger partial charge in [0.15, 0.2) is 11.5 Å². The van der Waals surface area contributed by atoms with Crippen LogP contribution in [-0.2, 0) is 6.42 Å². The number of rotatable bonds is 6. The van der Waals surface area contributed by atoms with Crippen molar-refractivity contribution in [1.82, 2.24) is 20.3 Å². The molecule has 1 aromatic carbocycles. The van der Waals surface area contributed by atoms with E-state index < -0.39 is 0 Å². The first-order valence-electron chi connectivity index (χ1n) is 10.1. The highest BCUT2D eigenvalue weighted by Crippen LogP contribution is 2.41. The second-order valence-corrected chi connectivity index (χ2v) is 8.50. The normalized spacial score (nSPS) is 15.3. The second-order valence-electron chi connectivity index (χ2n) is 7.68. The van der Waals surface area contributed by atoms with Gasteiger partial charge in [0.2, 0.25) is 5.95 Å². The zero-order valence-electron chi connectivity index (χ0n) is 18.6. The number of thiazole rings is 1. The van der Waals surface area contributed by atoms with Crippen LogP contribution in [0, 0.1) is 6.92 Å². The smallest absolute Gasteiger partial charge is 0.273 e. The number of fused-ring (bicyclic) bond motifs is 1. The Bertz CT molecular complexity index is 1180. The molecule has 0 spiro atoms. The number of nitrogen functional groups attached to an aromatic ring is 1. The predicted molar refractivity (Wildman–Crippen MR) is 122 cm³/mol. The fraction of sp³-hybridized carbons (Fsp3) is 0.364. The summed E-state index contributed by atoms with van der Waals surface area (Å²) in [7, 11) is 3.17. The Labute approximate surface area is 190 Å². The van der Waals surface area contributed by atoms with Crippen LogP contribution in [0.3, 0.4) is 0 Å². The first kappa shape index (κ1) is 21.8. The predicted octanol–water partition coefficient (Wildman–Crippen LogP) is 3.32. The van der Waals surface area contributed by atoms with E-state index in [0.717, 1.165) is 16.8 Å². The number of methoxy groups -OCH3 is 2. The minimum atomic E-state index is -0.367. The van der Waals surface area contributed by atoms with Gasteiger partial charge in [0.25, 0.3) is 11.1 Å². The molecule has 0 aliphatic carbocycles. The van der Waals surface area contributed by atoms with Crippen LogP contribution in [0.15, 0.2) is 17.5 Å². The number of hydrogen-bond donors (Lipinski definition) is 2. The van der Waals surface area contributed by atoms with E-state index >= 15 is 0 Å². The molecule has 4 rings (SSSR count). The van der Waals surface area contributed by atoms with E-state index in [4.69, 9.17) is 19.9 Å². The number of anilines is 1. The van der Waals surface area contributed by atoms with Gasteiger partial charge in [-0.15, -0.1) is 0 Å².